The number of hydrogen-bond donors (Lipinski definition) is 1. The smallest absolute Gasteiger partial charge is 0.384 e. The molecule has 1 atom stereocenters. The van der Waals surface area contributed by atoms with Crippen LogP contribution in [0.3, 0.4) is 0 Å². The lowest BCUT2D eigenvalue weighted by Gasteiger charge is -2.20. The Morgan fingerprint density at radius 1 is 0.931 bits per heavy atom. The zero-order valence-corrected chi connectivity index (χ0v) is 15.0. The van der Waals surface area contributed by atoms with Gasteiger partial charge in [-0.25, -0.2) is 9.37 Å². The second kappa shape index (κ2) is 7.53. The van der Waals surface area contributed by atoms with Crippen LogP contribution in [-0.2, 0) is 12.4 Å². The van der Waals surface area contributed by atoms with Crippen molar-refractivity contribution in [3.05, 3.63) is 71.2 Å². The number of rotatable bonds is 4. The zero-order valence-electron chi connectivity index (χ0n) is 15.0. The van der Waals surface area contributed by atoms with Crippen LogP contribution in [0, 0.1) is 5.82 Å². The van der Waals surface area contributed by atoms with Crippen LogP contribution in [0.5, 0.6) is 0 Å². The monoisotopic (exact) mass is 416 g/mol. The summed E-state index contributed by atoms with van der Waals surface area (Å²) >= 11 is 0. The van der Waals surface area contributed by atoms with Gasteiger partial charge < -0.3 is 5.32 Å². The summed E-state index contributed by atoms with van der Waals surface area (Å²) in [4.78, 5) is 3.28. The normalized spacial score (nSPS) is 13.5. The summed E-state index contributed by atoms with van der Waals surface area (Å²) in [5, 5.41) is 2.95. The molecule has 0 aliphatic rings. The second-order valence-corrected chi connectivity index (χ2v) is 6.58. The summed E-state index contributed by atoms with van der Waals surface area (Å²) in [6.07, 6.45) is -9.74. The Bertz CT molecular complexity index is 1010. The van der Waals surface area contributed by atoms with Gasteiger partial charge in [-0.2, -0.15) is 26.3 Å². The topological polar surface area (TPSA) is 24.9 Å². The maximum Gasteiger partial charge on any atom is 0.433 e. The number of hydrogen-bond acceptors (Lipinski definition) is 2. The van der Waals surface area contributed by atoms with Gasteiger partial charge in [0, 0.05) is 17.6 Å². The van der Waals surface area contributed by atoms with E-state index in [-0.39, 0.29) is 17.5 Å². The number of fused-ring (bicyclic) bond motifs is 1. The predicted molar refractivity (Wildman–Crippen MR) is 95.1 cm³/mol. The molecule has 0 saturated carbocycles. The number of benzene rings is 2. The molecular weight excluding hydrogens is 401 g/mol. The van der Waals surface area contributed by atoms with Gasteiger partial charge in [-0.1, -0.05) is 19.1 Å². The first kappa shape index (κ1) is 20.9. The highest BCUT2D eigenvalue weighted by Crippen LogP contribution is 2.39. The number of para-hydroxylation sites is 1. The summed E-state index contributed by atoms with van der Waals surface area (Å²) in [7, 11) is 0. The van der Waals surface area contributed by atoms with E-state index in [9.17, 15) is 30.7 Å². The average molecular weight is 416 g/mol. The Hall–Kier alpha value is -2.84. The molecular formula is C20H15F7N2. The van der Waals surface area contributed by atoms with Crippen LogP contribution in [0.1, 0.15) is 29.7 Å². The van der Waals surface area contributed by atoms with Crippen molar-refractivity contribution in [3.8, 4) is 0 Å². The maximum absolute atomic E-state index is 13.3. The molecule has 9 heteroatoms. The van der Waals surface area contributed by atoms with Crippen molar-refractivity contribution in [2.24, 2.45) is 0 Å². The van der Waals surface area contributed by atoms with Gasteiger partial charge in [0.25, 0.3) is 0 Å². The molecule has 0 saturated heterocycles. The summed E-state index contributed by atoms with van der Waals surface area (Å²) in [5.74, 6) is -1.03. The van der Waals surface area contributed by atoms with Crippen LogP contribution in [0.25, 0.3) is 10.9 Å². The van der Waals surface area contributed by atoms with E-state index in [1.807, 2.05) is 0 Å². The molecule has 0 amide bonds. The van der Waals surface area contributed by atoms with Gasteiger partial charge in [0.15, 0.2) is 0 Å². The highest BCUT2D eigenvalue weighted by molar-refractivity contribution is 5.86. The van der Waals surface area contributed by atoms with Crippen molar-refractivity contribution < 1.29 is 30.7 Å². The lowest BCUT2D eigenvalue weighted by molar-refractivity contribution is -0.142. The zero-order chi connectivity index (χ0) is 21.4. The quantitative estimate of drug-likeness (QED) is 0.483. The first-order valence-electron chi connectivity index (χ1n) is 8.54. The number of pyridine rings is 1. The van der Waals surface area contributed by atoms with Crippen LogP contribution in [0.15, 0.2) is 48.5 Å². The molecule has 154 valence electrons. The van der Waals surface area contributed by atoms with E-state index in [0.717, 1.165) is 12.1 Å². The van der Waals surface area contributed by atoms with Crippen LogP contribution < -0.4 is 5.32 Å². The molecule has 2 nitrogen and oxygen atoms in total. The number of halogens is 7. The van der Waals surface area contributed by atoms with Crippen molar-refractivity contribution in [1.29, 1.82) is 0 Å². The molecule has 1 unspecified atom stereocenters. The minimum atomic E-state index is -4.90. The Kier molecular flexibility index (Phi) is 5.42. The minimum Gasteiger partial charge on any atom is -0.384 e. The SMILES string of the molecule is CC(CNc1ccc(F)cc1)c1cc(C(F)(F)F)nc2c(C(F)(F)F)cccc12. The molecule has 3 rings (SSSR count). The average Bonchev–Trinajstić information content (AvgIpc) is 2.64. The Morgan fingerprint density at radius 2 is 1.59 bits per heavy atom. The Morgan fingerprint density at radius 3 is 2.17 bits per heavy atom. The molecule has 2 aromatic carbocycles. The van der Waals surface area contributed by atoms with Gasteiger partial charge in [0.1, 0.15) is 11.5 Å². The van der Waals surface area contributed by atoms with Gasteiger partial charge >= 0.3 is 12.4 Å². The van der Waals surface area contributed by atoms with Crippen LogP contribution in [0.2, 0.25) is 0 Å². The highest BCUT2D eigenvalue weighted by atomic mass is 19.4. The lowest BCUT2D eigenvalue weighted by atomic mass is 9.94. The van der Waals surface area contributed by atoms with Crippen molar-refractivity contribution in [2.75, 3.05) is 11.9 Å². The number of nitrogens with one attached hydrogen (secondary N) is 1. The molecule has 29 heavy (non-hydrogen) atoms. The number of nitrogens with zero attached hydrogens (tertiary/aromatic N) is 1. The van der Waals surface area contributed by atoms with E-state index in [2.05, 4.69) is 10.3 Å². The maximum atomic E-state index is 13.3. The third-order valence-corrected chi connectivity index (χ3v) is 4.45. The van der Waals surface area contributed by atoms with E-state index in [4.69, 9.17) is 0 Å². The van der Waals surface area contributed by atoms with Gasteiger partial charge in [0.2, 0.25) is 0 Å². The fourth-order valence-electron chi connectivity index (χ4n) is 3.01. The lowest BCUT2D eigenvalue weighted by Crippen LogP contribution is -2.16. The van der Waals surface area contributed by atoms with Crippen LogP contribution in [-0.4, -0.2) is 11.5 Å². The van der Waals surface area contributed by atoms with E-state index < -0.39 is 40.9 Å². The van der Waals surface area contributed by atoms with E-state index in [1.54, 1.807) is 6.92 Å². The standard InChI is InChI=1S/C20H15F7N2/c1-11(10-28-13-7-5-12(21)6-8-13)15-9-17(20(25,26)27)29-18-14(15)3-2-4-16(18)19(22,23)24/h2-9,11,28H,10H2,1H3. The van der Waals surface area contributed by atoms with Crippen molar-refractivity contribution in [2.45, 2.75) is 25.2 Å². The Labute approximate surface area is 161 Å². The van der Waals surface area contributed by atoms with Crippen molar-refractivity contribution in [1.82, 2.24) is 4.98 Å². The molecule has 0 aliphatic carbocycles. The third-order valence-electron chi connectivity index (χ3n) is 4.45. The molecule has 1 N–H and O–H groups in total. The molecule has 3 aromatic rings. The molecule has 0 radical (unpaired) electrons. The van der Waals surface area contributed by atoms with Gasteiger partial charge in [-0.3, -0.25) is 0 Å². The predicted octanol–water partition coefficient (Wildman–Crippen LogP) is 6.63. The van der Waals surface area contributed by atoms with Gasteiger partial charge in [0.05, 0.1) is 11.1 Å². The minimum absolute atomic E-state index is 0.00114. The first-order chi connectivity index (χ1) is 13.5. The second-order valence-electron chi connectivity index (χ2n) is 6.58. The van der Waals surface area contributed by atoms with E-state index in [0.29, 0.717) is 11.8 Å². The van der Waals surface area contributed by atoms with Crippen LogP contribution >= 0.6 is 0 Å². The summed E-state index contributed by atoms with van der Waals surface area (Å²) in [6.45, 7) is 1.71. The Balaban J connectivity index is 2.06. The molecule has 1 aromatic heterocycles. The van der Waals surface area contributed by atoms with Crippen LogP contribution in [0.4, 0.5) is 36.4 Å². The fraction of sp³-hybridized carbons (Fsp3) is 0.250. The summed E-state index contributed by atoms with van der Waals surface area (Å²) in [6, 6.07) is 9.29. The summed E-state index contributed by atoms with van der Waals surface area (Å²) < 4.78 is 92.8. The summed E-state index contributed by atoms with van der Waals surface area (Å²) in [5.41, 5.74) is -2.73. The molecule has 0 spiro atoms. The van der Waals surface area contributed by atoms with Gasteiger partial charge in [-0.05, 0) is 47.9 Å². The van der Waals surface area contributed by atoms with Gasteiger partial charge in [-0.15, -0.1) is 0 Å². The molecule has 0 bridgehead atoms. The van der Waals surface area contributed by atoms with E-state index in [1.165, 1.54) is 30.3 Å². The molecule has 1 heterocycles. The molecule has 0 fully saturated rings. The van der Waals surface area contributed by atoms with Crippen molar-refractivity contribution >= 4 is 16.6 Å². The first-order valence-corrected chi connectivity index (χ1v) is 8.54. The largest absolute Gasteiger partial charge is 0.433 e. The highest BCUT2D eigenvalue weighted by Gasteiger charge is 2.37. The van der Waals surface area contributed by atoms with E-state index >= 15 is 0 Å². The third kappa shape index (κ3) is 4.60. The van der Waals surface area contributed by atoms with Crippen molar-refractivity contribution in [3.63, 3.8) is 0 Å². The number of anilines is 1. The fourth-order valence-corrected chi connectivity index (χ4v) is 3.01. The number of alkyl halides is 6. The number of aromatic nitrogens is 1. The molecule has 0 aliphatic heterocycles.